The predicted molar refractivity (Wildman–Crippen MR) is 133 cm³/mol. The summed E-state index contributed by atoms with van der Waals surface area (Å²) in [4.78, 5) is 30.9. The molecule has 3 aromatic rings. The van der Waals surface area contributed by atoms with Gasteiger partial charge in [-0.05, 0) is 49.1 Å². The number of methoxy groups -OCH3 is 1. The normalized spacial score (nSPS) is 23.2. The van der Waals surface area contributed by atoms with Crippen LogP contribution in [0, 0.1) is 23.6 Å². The summed E-state index contributed by atoms with van der Waals surface area (Å²) < 4.78 is 98.7. The van der Waals surface area contributed by atoms with Gasteiger partial charge < -0.3 is 15.4 Å². The van der Waals surface area contributed by atoms with Crippen molar-refractivity contribution in [3.05, 3.63) is 77.3 Å². The van der Waals surface area contributed by atoms with Gasteiger partial charge in [0.25, 0.3) is 5.91 Å². The van der Waals surface area contributed by atoms with E-state index in [1.54, 1.807) is 18.2 Å². The fourth-order valence-corrected chi connectivity index (χ4v) is 5.88. The largest absolute Gasteiger partial charge is 0.494 e. The van der Waals surface area contributed by atoms with E-state index in [1.807, 2.05) is 0 Å². The second-order valence-corrected chi connectivity index (χ2v) is 9.94. The maximum absolute atomic E-state index is 13.7. The lowest BCUT2D eigenvalue weighted by Gasteiger charge is -2.30. The molecule has 2 aromatic carbocycles. The minimum Gasteiger partial charge on any atom is -0.494 e. The number of hydrogen-bond donors (Lipinski definition) is 2. The average molecular weight is 581 g/mol. The molecule has 2 unspecified atom stereocenters. The highest BCUT2D eigenvalue weighted by atomic mass is 19.4. The summed E-state index contributed by atoms with van der Waals surface area (Å²) in [7, 11) is 1.46. The third-order valence-corrected chi connectivity index (χ3v) is 7.53. The number of allylic oxidation sites excluding steroid dienone is 1. The molecular weight excluding hydrogens is 559 g/mol. The number of fused-ring (bicyclic) bond motifs is 3. The number of ether oxygens (including phenoxy) is 1. The van der Waals surface area contributed by atoms with Gasteiger partial charge in [-0.3, -0.25) is 14.6 Å². The molecule has 2 bridgehead atoms. The van der Waals surface area contributed by atoms with Crippen LogP contribution in [0.3, 0.4) is 0 Å². The highest BCUT2D eigenvalue weighted by Crippen LogP contribution is 2.54. The second kappa shape index (κ2) is 10.3. The average Bonchev–Trinajstić information content (AvgIpc) is 3.41. The molecule has 0 aliphatic heterocycles. The summed E-state index contributed by atoms with van der Waals surface area (Å²) in [5.41, 5.74) is -1.48. The molecule has 2 saturated carbocycles. The second-order valence-electron chi connectivity index (χ2n) is 9.94. The lowest BCUT2D eigenvalue weighted by Crippen LogP contribution is -2.48. The Morgan fingerprint density at radius 2 is 1.76 bits per heavy atom. The molecule has 2 fully saturated rings. The Bertz CT molecular complexity index is 1550. The summed E-state index contributed by atoms with van der Waals surface area (Å²) >= 11 is 0. The topological polar surface area (TPSA) is 80.3 Å². The number of rotatable bonds is 5. The molecule has 0 saturated heterocycles. The molecule has 2 amide bonds. The SMILES string of the molecule is COc1cccc2cc(C(=O)N[C@@H]3C4CCC(/C4=C/C(F)(F)F)[C@@H]3C(=O)Nc3ccc(F)c(C(F)(F)F)c3)cnc12. The van der Waals surface area contributed by atoms with E-state index in [2.05, 4.69) is 15.6 Å². The van der Waals surface area contributed by atoms with Crippen molar-refractivity contribution in [1.82, 2.24) is 10.3 Å². The molecule has 1 aromatic heterocycles. The monoisotopic (exact) mass is 581 g/mol. The molecule has 6 nitrogen and oxygen atoms in total. The van der Waals surface area contributed by atoms with Gasteiger partial charge in [0.15, 0.2) is 0 Å². The van der Waals surface area contributed by atoms with Crippen LogP contribution in [0.5, 0.6) is 5.75 Å². The van der Waals surface area contributed by atoms with Gasteiger partial charge in [0, 0.05) is 35.3 Å². The third-order valence-electron chi connectivity index (χ3n) is 7.53. The fourth-order valence-electron chi connectivity index (χ4n) is 5.88. The zero-order valence-corrected chi connectivity index (χ0v) is 21.2. The molecule has 13 heteroatoms. The summed E-state index contributed by atoms with van der Waals surface area (Å²) in [6.07, 6.45) is -7.84. The van der Waals surface area contributed by atoms with Crippen molar-refractivity contribution in [2.24, 2.45) is 17.8 Å². The Morgan fingerprint density at radius 1 is 1.02 bits per heavy atom. The van der Waals surface area contributed by atoms with Gasteiger partial charge in [0.2, 0.25) is 5.91 Å². The Hall–Kier alpha value is -4.16. The number of nitrogens with zero attached hydrogens (tertiary/aromatic N) is 1. The van der Waals surface area contributed by atoms with Crippen LogP contribution in [-0.2, 0) is 11.0 Å². The Balaban J connectivity index is 1.46. The fraction of sp³-hybridized carbons (Fsp3) is 0.321. The number of para-hydroxylation sites is 1. The van der Waals surface area contributed by atoms with Crippen LogP contribution in [0.15, 0.2) is 60.3 Å². The first kappa shape index (κ1) is 28.4. The van der Waals surface area contributed by atoms with Crippen LogP contribution in [0.2, 0.25) is 0 Å². The van der Waals surface area contributed by atoms with E-state index in [4.69, 9.17) is 4.74 Å². The number of benzene rings is 2. The van der Waals surface area contributed by atoms with Gasteiger partial charge in [0.05, 0.1) is 24.2 Å². The molecule has 2 aliphatic carbocycles. The number of carbonyl (C=O) groups excluding carboxylic acids is 2. The summed E-state index contributed by atoms with van der Waals surface area (Å²) in [6.45, 7) is 0. The van der Waals surface area contributed by atoms with E-state index in [0.29, 0.717) is 28.8 Å². The zero-order chi connectivity index (χ0) is 29.7. The van der Waals surface area contributed by atoms with Gasteiger partial charge in [0.1, 0.15) is 17.1 Å². The van der Waals surface area contributed by atoms with Crippen molar-refractivity contribution in [2.75, 3.05) is 12.4 Å². The van der Waals surface area contributed by atoms with E-state index < -0.39 is 59.3 Å². The standard InChI is InChI=1S/C28H22F7N3O3/c1-41-21-4-2-3-13-9-14(12-36-23(13)21)25(39)38-24-17-7-6-16(18(17)11-27(30,31)32)22(24)26(40)37-15-5-8-20(29)19(10-15)28(33,34)35/h2-5,8-12,16-17,22,24H,6-7H2,1H3,(H,37,40)(H,38,39)/b18-11-/t16?,17?,22-,24+/m0/s1. The first-order valence-electron chi connectivity index (χ1n) is 12.5. The molecule has 2 aliphatic rings. The maximum atomic E-state index is 13.7. The highest BCUT2D eigenvalue weighted by Gasteiger charge is 2.55. The van der Waals surface area contributed by atoms with Crippen molar-refractivity contribution in [1.29, 1.82) is 0 Å². The quantitative estimate of drug-likeness (QED) is 0.275. The zero-order valence-electron chi connectivity index (χ0n) is 21.2. The lowest BCUT2D eigenvalue weighted by atomic mass is 9.83. The van der Waals surface area contributed by atoms with Gasteiger partial charge in [-0.15, -0.1) is 0 Å². The minimum absolute atomic E-state index is 0.0561. The van der Waals surface area contributed by atoms with Gasteiger partial charge >= 0.3 is 12.4 Å². The van der Waals surface area contributed by atoms with Crippen LogP contribution < -0.4 is 15.4 Å². The molecular formula is C28H22F7N3O3. The van der Waals surface area contributed by atoms with E-state index in [-0.39, 0.29) is 35.7 Å². The van der Waals surface area contributed by atoms with Crippen molar-refractivity contribution in [3.63, 3.8) is 0 Å². The first-order chi connectivity index (χ1) is 19.3. The Kier molecular flexibility index (Phi) is 7.16. The van der Waals surface area contributed by atoms with Crippen molar-refractivity contribution in [2.45, 2.75) is 31.2 Å². The maximum Gasteiger partial charge on any atom is 0.419 e. The Morgan fingerprint density at radius 3 is 2.44 bits per heavy atom. The van der Waals surface area contributed by atoms with Crippen LogP contribution in [0.4, 0.5) is 36.4 Å². The highest BCUT2D eigenvalue weighted by molar-refractivity contribution is 5.99. The summed E-state index contributed by atoms with van der Waals surface area (Å²) in [5.74, 6) is -5.61. The number of amides is 2. The van der Waals surface area contributed by atoms with Gasteiger partial charge in [-0.2, -0.15) is 26.3 Å². The molecule has 216 valence electrons. The number of nitrogens with one attached hydrogen (secondary N) is 2. The van der Waals surface area contributed by atoms with Crippen molar-refractivity contribution >= 4 is 28.4 Å². The van der Waals surface area contributed by atoms with Gasteiger partial charge in [-0.25, -0.2) is 4.39 Å². The van der Waals surface area contributed by atoms with Crippen molar-refractivity contribution in [3.8, 4) is 5.75 Å². The number of aromatic nitrogens is 1. The number of alkyl halides is 6. The summed E-state index contributed by atoms with van der Waals surface area (Å²) in [6, 6.07) is 7.37. The lowest BCUT2D eigenvalue weighted by molar-refractivity contribution is -0.140. The molecule has 41 heavy (non-hydrogen) atoms. The van der Waals surface area contributed by atoms with E-state index in [1.165, 1.54) is 19.4 Å². The predicted octanol–water partition coefficient (Wildman–Crippen LogP) is 6.28. The minimum atomic E-state index is -5.03. The first-order valence-corrected chi connectivity index (χ1v) is 12.5. The van der Waals surface area contributed by atoms with E-state index in [9.17, 15) is 40.3 Å². The van der Waals surface area contributed by atoms with Gasteiger partial charge in [-0.1, -0.05) is 17.7 Å². The molecule has 0 radical (unpaired) electrons. The molecule has 0 spiro atoms. The molecule has 1 heterocycles. The Labute approximate surface area is 228 Å². The van der Waals surface area contributed by atoms with Crippen LogP contribution >= 0.6 is 0 Å². The number of anilines is 1. The van der Waals surface area contributed by atoms with Crippen LogP contribution in [0.25, 0.3) is 10.9 Å². The number of halogens is 7. The molecule has 5 rings (SSSR count). The van der Waals surface area contributed by atoms with Crippen LogP contribution in [-0.4, -0.2) is 36.1 Å². The van der Waals surface area contributed by atoms with E-state index in [0.717, 1.165) is 6.07 Å². The number of hydrogen-bond acceptors (Lipinski definition) is 4. The third kappa shape index (κ3) is 5.57. The van der Waals surface area contributed by atoms with Crippen LogP contribution in [0.1, 0.15) is 28.8 Å². The number of pyridine rings is 1. The molecule has 4 atom stereocenters. The van der Waals surface area contributed by atoms with Crippen molar-refractivity contribution < 1.29 is 45.1 Å². The smallest absolute Gasteiger partial charge is 0.419 e. The van der Waals surface area contributed by atoms with E-state index >= 15 is 0 Å². The molecule has 2 N–H and O–H groups in total. The summed E-state index contributed by atoms with van der Waals surface area (Å²) in [5, 5.41) is 5.52. The number of carbonyl (C=O) groups is 2.